The van der Waals surface area contributed by atoms with E-state index in [4.69, 9.17) is 0 Å². The van der Waals surface area contributed by atoms with Crippen LogP contribution in [0.5, 0.6) is 0 Å². The molecule has 1 aromatic heterocycles. The first-order chi connectivity index (χ1) is 6.22. The first kappa shape index (κ1) is 10.0. The largest absolute Gasteiger partial charge is 0.385 e. The summed E-state index contributed by atoms with van der Waals surface area (Å²) in [5.41, 5.74) is 2.35. The summed E-state index contributed by atoms with van der Waals surface area (Å²) in [6.07, 6.45) is 2.93. The second-order valence-electron chi connectivity index (χ2n) is 3.66. The second kappa shape index (κ2) is 4.85. The van der Waals surface area contributed by atoms with Gasteiger partial charge in [0, 0.05) is 24.1 Å². The molecule has 13 heavy (non-hydrogen) atoms. The average Bonchev–Trinajstić information content (AvgIpc) is 2.04. The predicted molar refractivity (Wildman–Crippen MR) is 56.9 cm³/mol. The third-order valence-corrected chi connectivity index (χ3v) is 1.81. The van der Waals surface area contributed by atoms with Gasteiger partial charge in [-0.3, -0.25) is 4.98 Å². The summed E-state index contributed by atoms with van der Waals surface area (Å²) in [4.78, 5) is 4.32. The van der Waals surface area contributed by atoms with Gasteiger partial charge in [0.25, 0.3) is 0 Å². The van der Waals surface area contributed by atoms with Crippen LogP contribution in [0.1, 0.15) is 26.5 Å². The first-order valence-electron chi connectivity index (χ1n) is 4.91. The van der Waals surface area contributed by atoms with E-state index in [9.17, 15) is 0 Å². The van der Waals surface area contributed by atoms with Crippen molar-refractivity contribution in [2.45, 2.75) is 27.2 Å². The Morgan fingerprint density at radius 2 is 2.23 bits per heavy atom. The zero-order chi connectivity index (χ0) is 9.68. The molecule has 0 aliphatic rings. The molecule has 0 aliphatic carbocycles. The maximum Gasteiger partial charge on any atom is 0.0426 e. The third kappa shape index (κ3) is 3.45. The van der Waals surface area contributed by atoms with E-state index in [0.29, 0.717) is 5.92 Å². The van der Waals surface area contributed by atoms with Crippen LogP contribution < -0.4 is 5.32 Å². The Hall–Kier alpha value is -1.05. The van der Waals surface area contributed by atoms with E-state index >= 15 is 0 Å². The fraction of sp³-hybridized carbons (Fsp3) is 0.545. The van der Waals surface area contributed by atoms with E-state index in [-0.39, 0.29) is 0 Å². The van der Waals surface area contributed by atoms with Crippen molar-refractivity contribution in [2.24, 2.45) is 5.92 Å². The Kier molecular flexibility index (Phi) is 3.74. The first-order valence-corrected chi connectivity index (χ1v) is 4.91. The maximum atomic E-state index is 4.32. The summed E-state index contributed by atoms with van der Waals surface area (Å²) < 4.78 is 0. The molecule has 0 bridgehead atoms. The van der Waals surface area contributed by atoms with Gasteiger partial charge < -0.3 is 5.32 Å². The number of anilines is 1. The van der Waals surface area contributed by atoms with Crippen molar-refractivity contribution < 1.29 is 0 Å². The molecule has 0 aromatic carbocycles. The molecule has 0 unspecified atom stereocenters. The highest BCUT2D eigenvalue weighted by Gasteiger charge is 1.99. The lowest BCUT2D eigenvalue weighted by Crippen LogP contribution is -2.00. The molecule has 0 atom stereocenters. The molecule has 0 radical (unpaired) electrons. The molecule has 0 spiro atoms. The van der Waals surface area contributed by atoms with Crippen molar-refractivity contribution in [3.63, 3.8) is 0 Å². The van der Waals surface area contributed by atoms with Crippen LogP contribution in [0.3, 0.4) is 0 Å². The molecule has 2 heteroatoms. The second-order valence-corrected chi connectivity index (χ2v) is 3.66. The van der Waals surface area contributed by atoms with Gasteiger partial charge in [-0.2, -0.15) is 0 Å². The van der Waals surface area contributed by atoms with Gasteiger partial charge in [0.15, 0.2) is 0 Å². The van der Waals surface area contributed by atoms with Crippen molar-refractivity contribution in [1.29, 1.82) is 0 Å². The van der Waals surface area contributed by atoms with E-state index in [0.717, 1.165) is 13.0 Å². The number of nitrogens with one attached hydrogen (secondary N) is 1. The molecule has 1 heterocycles. The number of rotatable bonds is 4. The highest BCUT2D eigenvalue weighted by molar-refractivity contribution is 5.42. The number of hydrogen-bond acceptors (Lipinski definition) is 2. The van der Waals surface area contributed by atoms with Crippen molar-refractivity contribution in [3.05, 3.63) is 24.0 Å². The molecular formula is C11H18N2. The van der Waals surface area contributed by atoms with Crippen LogP contribution in [0.4, 0.5) is 5.69 Å². The minimum Gasteiger partial charge on any atom is -0.385 e. The Morgan fingerprint density at radius 1 is 1.46 bits per heavy atom. The molecule has 0 saturated carbocycles. The molecule has 1 rings (SSSR count). The van der Waals surface area contributed by atoms with Crippen LogP contribution in [0.15, 0.2) is 18.3 Å². The summed E-state index contributed by atoms with van der Waals surface area (Å²) in [7, 11) is 0. The molecule has 2 nitrogen and oxygen atoms in total. The number of aromatic nitrogens is 1. The normalized spacial score (nSPS) is 10.5. The summed E-state index contributed by atoms with van der Waals surface area (Å²) in [6, 6.07) is 4.14. The lowest BCUT2D eigenvalue weighted by atomic mass is 10.1. The Bertz CT molecular complexity index is 256. The van der Waals surface area contributed by atoms with Crippen molar-refractivity contribution in [2.75, 3.05) is 11.9 Å². The summed E-state index contributed by atoms with van der Waals surface area (Å²) in [5, 5.41) is 3.28. The maximum absolute atomic E-state index is 4.32. The molecule has 0 saturated heterocycles. The van der Waals surface area contributed by atoms with Gasteiger partial charge in [0.05, 0.1) is 0 Å². The van der Waals surface area contributed by atoms with Crippen LogP contribution in [-0.4, -0.2) is 11.5 Å². The van der Waals surface area contributed by atoms with Gasteiger partial charge in [-0.1, -0.05) is 13.8 Å². The molecule has 1 aromatic rings. The number of pyridine rings is 1. The Labute approximate surface area is 80.4 Å². The lowest BCUT2D eigenvalue weighted by Gasteiger charge is -2.07. The SMILES string of the molecule is CCNc1ccnc(CC(C)C)c1. The molecular weight excluding hydrogens is 160 g/mol. The van der Waals surface area contributed by atoms with E-state index in [1.165, 1.54) is 11.4 Å². The molecule has 0 amide bonds. The quantitative estimate of drug-likeness (QED) is 0.766. The fourth-order valence-corrected chi connectivity index (χ4v) is 1.32. The van der Waals surface area contributed by atoms with Crippen LogP contribution >= 0.6 is 0 Å². The Balaban J connectivity index is 2.67. The average molecular weight is 178 g/mol. The van der Waals surface area contributed by atoms with Gasteiger partial charge >= 0.3 is 0 Å². The minimum atomic E-state index is 0.671. The highest BCUT2D eigenvalue weighted by Crippen LogP contribution is 2.11. The standard InChI is InChI=1S/C11H18N2/c1-4-12-10-5-6-13-11(8-10)7-9(2)3/h5-6,8-9H,4,7H2,1-3H3,(H,12,13). The van der Waals surface area contributed by atoms with Crippen LogP contribution in [0.25, 0.3) is 0 Å². The fourth-order valence-electron chi connectivity index (χ4n) is 1.32. The van der Waals surface area contributed by atoms with E-state index in [1.54, 1.807) is 0 Å². The minimum absolute atomic E-state index is 0.671. The summed E-state index contributed by atoms with van der Waals surface area (Å²) in [5.74, 6) is 0.671. The van der Waals surface area contributed by atoms with Crippen LogP contribution in [0.2, 0.25) is 0 Å². The highest BCUT2D eigenvalue weighted by atomic mass is 14.9. The van der Waals surface area contributed by atoms with E-state index in [2.05, 4.69) is 37.1 Å². The molecule has 0 fully saturated rings. The van der Waals surface area contributed by atoms with Crippen molar-refractivity contribution in [1.82, 2.24) is 4.98 Å². The Morgan fingerprint density at radius 3 is 2.85 bits per heavy atom. The van der Waals surface area contributed by atoms with Crippen LogP contribution in [-0.2, 0) is 6.42 Å². The van der Waals surface area contributed by atoms with Crippen molar-refractivity contribution >= 4 is 5.69 Å². The zero-order valence-electron chi connectivity index (χ0n) is 8.67. The van der Waals surface area contributed by atoms with E-state index < -0.39 is 0 Å². The smallest absolute Gasteiger partial charge is 0.0426 e. The van der Waals surface area contributed by atoms with Crippen molar-refractivity contribution in [3.8, 4) is 0 Å². The van der Waals surface area contributed by atoms with E-state index in [1.807, 2.05) is 12.3 Å². The van der Waals surface area contributed by atoms with Crippen LogP contribution in [0, 0.1) is 5.92 Å². The predicted octanol–water partition coefficient (Wildman–Crippen LogP) is 2.71. The summed E-state index contributed by atoms with van der Waals surface area (Å²) in [6.45, 7) is 7.48. The number of nitrogens with zero attached hydrogens (tertiary/aromatic N) is 1. The summed E-state index contributed by atoms with van der Waals surface area (Å²) >= 11 is 0. The topological polar surface area (TPSA) is 24.9 Å². The molecule has 1 N–H and O–H groups in total. The van der Waals surface area contributed by atoms with Gasteiger partial charge in [0.2, 0.25) is 0 Å². The van der Waals surface area contributed by atoms with Gasteiger partial charge in [0.1, 0.15) is 0 Å². The zero-order valence-corrected chi connectivity index (χ0v) is 8.67. The van der Waals surface area contributed by atoms with Gasteiger partial charge in [-0.25, -0.2) is 0 Å². The lowest BCUT2D eigenvalue weighted by molar-refractivity contribution is 0.635. The molecule has 72 valence electrons. The monoisotopic (exact) mass is 178 g/mol. The number of hydrogen-bond donors (Lipinski definition) is 1. The molecule has 0 aliphatic heterocycles. The third-order valence-electron chi connectivity index (χ3n) is 1.81. The van der Waals surface area contributed by atoms with Gasteiger partial charge in [-0.15, -0.1) is 0 Å². The van der Waals surface area contributed by atoms with Gasteiger partial charge in [-0.05, 0) is 31.4 Å².